The lowest BCUT2D eigenvalue weighted by Gasteiger charge is -2.00. The van der Waals surface area contributed by atoms with E-state index in [2.05, 4.69) is 5.43 Å². The minimum absolute atomic E-state index is 0.355. The number of anilines is 2. The number of hydrazine groups is 1. The summed E-state index contributed by atoms with van der Waals surface area (Å²) in [6.45, 7) is 0. The first-order chi connectivity index (χ1) is 4.72. The fourth-order valence-electron chi connectivity index (χ4n) is 0.696. The SMILES string of the molecule is NNc1cc(N)cc(F)c1. The third-order valence-corrected chi connectivity index (χ3v) is 1.09. The van der Waals surface area contributed by atoms with Crippen LogP contribution in [0.3, 0.4) is 0 Å². The number of hydrogen-bond acceptors (Lipinski definition) is 3. The van der Waals surface area contributed by atoms with E-state index >= 15 is 0 Å². The maximum atomic E-state index is 12.4. The van der Waals surface area contributed by atoms with Crippen LogP contribution in [0, 0.1) is 5.82 Å². The highest BCUT2D eigenvalue weighted by Gasteiger charge is 1.94. The Morgan fingerprint density at radius 3 is 2.50 bits per heavy atom. The van der Waals surface area contributed by atoms with E-state index < -0.39 is 5.82 Å². The van der Waals surface area contributed by atoms with Crippen LogP contribution < -0.4 is 17.0 Å². The van der Waals surface area contributed by atoms with Crippen LogP contribution in [0.4, 0.5) is 15.8 Å². The Morgan fingerprint density at radius 1 is 1.30 bits per heavy atom. The van der Waals surface area contributed by atoms with Gasteiger partial charge < -0.3 is 11.2 Å². The average molecular weight is 141 g/mol. The molecule has 0 heterocycles. The van der Waals surface area contributed by atoms with Gasteiger partial charge in [0.05, 0.1) is 5.69 Å². The predicted octanol–water partition coefficient (Wildman–Crippen LogP) is 0.694. The molecule has 4 heteroatoms. The van der Waals surface area contributed by atoms with Crippen molar-refractivity contribution < 1.29 is 4.39 Å². The van der Waals surface area contributed by atoms with Gasteiger partial charge in [0.2, 0.25) is 0 Å². The zero-order chi connectivity index (χ0) is 7.56. The summed E-state index contributed by atoms with van der Waals surface area (Å²) in [4.78, 5) is 0. The number of nitrogen functional groups attached to an aromatic ring is 2. The highest BCUT2D eigenvalue weighted by Crippen LogP contribution is 2.13. The number of halogens is 1. The van der Waals surface area contributed by atoms with Crippen LogP contribution >= 0.6 is 0 Å². The number of hydrogen-bond donors (Lipinski definition) is 3. The Balaban J connectivity index is 3.06. The first kappa shape index (κ1) is 6.82. The van der Waals surface area contributed by atoms with E-state index in [-0.39, 0.29) is 0 Å². The molecule has 1 aromatic rings. The maximum Gasteiger partial charge on any atom is 0.127 e. The van der Waals surface area contributed by atoms with Crippen LogP contribution in [0.5, 0.6) is 0 Å². The molecule has 10 heavy (non-hydrogen) atoms. The van der Waals surface area contributed by atoms with Crippen molar-refractivity contribution in [1.29, 1.82) is 0 Å². The van der Waals surface area contributed by atoms with Crippen molar-refractivity contribution in [2.24, 2.45) is 5.84 Å². The number of nitrogens with one attached hydrogen (secondary N) is 1. The Hall–Kier alpha value is -1.29. The molecule has 5 N–H and O–H groups in total. The van der Waals surface area contributed by atoms with Crippen LogP contribution in [0.25, 0.3) is 0 Å². The van der Waals surface area contributed by atoms with Gasteiger partial charge in [-0.05, 0) is 18.2 Å². The second kappa shape index (κ2) is 2.53. The zero-order valence-electron chi connectivity index (χ0n) is 5.26. The lowest BCUT2D eigenvalue weighted by Crippen LogP contribution is -2.07. The van der Waals surface area contributed by atoms with Crippen molar-refractivity contribution in [1.82, 2.24) is 0 Å². The van der Waals surface area contributed by atoms with E-state index in [1.54, 1.807) is 6.07 Å². The summed E-state index contributed by atoms with van der Waals surface area (Å²) in [7, 11) is 0. The molecule has 0 spiro atoms. The molecule has 54 valence electrons. The average Bonchev–Trinajstić information content (AvgIpc) is 1.85. The second-order valence-corrected chi connectivity index (χ2v) is 1.92. The summed E-state index contributed by atoms with van der Waals surface area (Å²) in [5.41, 5.74) is 8.41. The molecule has 0 radical (unpaired) electrons. The third kappa shape index (κ3) is 1.35. The van der Waals surface area contributed by atoms with E-state index in [0.717, 1.165) is 0 Å². The summed E-state index contributed by atoms with van der Waals surface area (Å²) in [5.74, 6) is 4.62. The van der Waals surface area contributed by atoms with Gasteiger partial charge in [0.25, 0.3) is 0 Å². The van der Waals surface area contributed by atoms with E-state index in [1.807, 2.05) is 0 Å². The molecule has 0 unspecified atom stereocenters. The monoisotopic (exact) mass is 141 g/mol. The molecule has 0 fully saturated rings. The Labute approximate surface area is 57.8 Å². The number of nitrogens with two attached hydrogens (primary N) is 2. The lowest BCUT2D eigenvalue weighted by molar-refractivity contribution is 0.629. The fraction of sp³-hybridized carbons (Fsp3) is 0. The van der Waals surface area contributed by atoms with Gasteiger partial charge in [-0.2, -0.15) is 0 Å². The van der Waals surface area contributed by atoms with Gasteiger partial charge in [-0.3, -0.25) is 5.84 Å². The molecule has 1 aromatic carbocycles. The quantitative estimate of drug-likeness (QED) is 0.306. The van der Waals surface area contributed by atoms with E-state index in [1.165, 1.54) is 12.1 Å². The molecule has 0 amide bonds. The Kier molecular flexibility index (Phi) is 1.73. The summed E-state index contributed by atoms with van der Waals surface area (Å²) in [6, 6.07) is 4.03. The van der Waals surface area contributed by atoms with E-state index in [9.17, 15) is 4.39 Å². The minimum atomic E-state index is -0.395. The summed E-state index contributed by atoms with van der Waals surface area (Å²) < 4.78 is 12.4. The zero-order valence-corrected chi connectivity index (χ0v) is 5.26. The van der Waals surface area contributed by atoms with Crippen molar-refractivity contribution in [3.63, 3.8) is 0 Å². The molecule has 0 aliphatic rings. The normalized spacial score (nSPS) is 9.40. The van der Waals surface area contributed by atoms with Crippen LogP contribution in [-0.4, -0.2) is 0 Å². The summed E-state index contributed by atoms with van der Waals surface area (Å²) in [6.07, 6.45) is 0. The molecule has 0 saturated heterocycles. The van der Waals surface area contributed by atoms with Crippen molar-refractivity contribution in [2.75, 3.05) is 11.2 Å². The van der Waals surface area contributed by atoms with Crippen molar-refractivity contribution >= 4 is 11.4 Å². The standard InChI is InChI=1S/C6H8FN3/c7-4-1-5(8)3-6(2-4)10-9/h1-3,10H,8-9H2. The molecule has 0 bridgehead atoms. The Morgan fingerprint density at radius 2 is 2.00 bits per heavy atom. The highest BCUT2D eigenvalue weighted by atomic mass is 19.1. The first-order valence-corrected chi connectivity index (χ1v) is 2.75. The highest BCUT2D eigenvalue weighted by molar-refractivity contribution is 5.53. The molecule has 0 aliphatic heterocycles. The largest absolute Gasteiger partial charge is 0.399 e. The molecule has 1 rings (SSSR count). The van der Waals surface area contributed by atoms with Gasteiger partial charge >= 0.3 is 0 Å². The third-order valence-electron chi connectivity index (χ3n) is 1.09. The first-order valence-electron chi connectivity index (χ1n) is 2.75. The molecule has 0 aromatic heterocycles. The van der Waals surface area contributed by atoms with Crippen molar-refractivity contribution in [3.05, 3.63) is 24.0 Å². The molecular formula is C6H8FN3. The minimum Gasteiger partial charge on any atom is -0.399 e. The predicted molar refractivity (Wildman–Crippen MR) is 38.6 cm³/mol. The summed E-state index contributed by atoms with van der Waals surface area (Å²) >= 11 is 0. The molecular weight excluding hydrogens is 133 g/mol. The summed E-state index contributed by atoms with van der Waals surface area (Å²) in [5, 5.41) is 0. The van der Waals surface area contributed by atoms with Crippen LogP contribution in [0.1, 0.15) is 0 Å². The number of rotatable bonds is 1. The van der Waals surface area contributed by atoms with E-state index in [4.69, 9.17) is 11.6 Å². The topological polar surface area (TPSA) is 64.1 Å². The second-order valence-electron chi connectivity index (χ2n) is 1.92. The molecule has 0 atom stereocenters. The van der Waals surface area contributed by atoms with Gasteiger partial charge in [0, 0.05) is 5.69 Å². The van der Waals surface area contributed by atoms with Gasteiger partial charge in [-0.15, -0.1) is 0 Å². The van der Waals surface area contributed by atoms with Gasteiger partial charge in [-0.1, -0.05) is 0 Å². The Bertz CT molecular complexity index is 216. The van der Waals surface area contributed by atoms with E-state index in [0.29, 0.717) is 11.4 Å². The van der Waals surface area contributed by atoms with Crippen LogP contribution in [0.15, 0.2) is 18.2 Å². The smallest absolute Gasteiger partial charge is 0.127 e. The van der Waals surface area contributed by atoms with Crippen molar-refractivity contribution in [3.8, 4) is 0 Å². The molecule has 3 nitrogen and oxygen atoms in total. The van der Waals surface area contributed by atoms with Gasteiger partial charge in [0.1, 0.15) is 5.82 Å². The van der Waals surface area contributed by atoms with Crippen LogP contribution in [-0.2, 0) is 0 Å². The maximum absolute atomic E-state index is 12.4. The van der Waals surface area contributed by atoms with Gasteiger partial charge in [0.15, 0.2) is 0 Å². The lowest BCUT2D eigenvalue weighted by atomic mass is 10.3. The van der Waals surface area contributed by atoms with Crippen molar-refractivity contribution in [2.45, 2.75) is 0 Å². The molecule has 0 saturated carbocycles. The van der Waals surface area contributed by atoms with Gasteiger partial charge in [-0.25, -0.2) is 4.39 Å². The molecule has 0 aliphatic carbocycles. The number of benzene rings is 1. The van der Waals surface area contributed by atoms with Crippen LogP contribution in [0.2, 0.25) is 0 Å². The fourth-order valence-corrected chi connectivity index (χ4v) is 0.696.